The van der Waals surface area contributed by atoms with Gasteiger partial charge in [0.05, 0.1) is 11.1 Å². The zero-order valence-corrected chi connectivity index (χ0v) is 16.6. The number of benzene rings is 2. The van der Waals surface area contributed by atoms with Gasteiger partial charge in [-0.1, -0.05) is 48.5 Å². The van der Waals surface area contributed by atoms with Crippen molar-refractivity contribution in [2.45, 2.75) is 12.8 Å². The molecule has 5 heteroatoms. The number of nitrogens with one attached hydrogen (secondary N) is 1. The number of nitrogens with zero attached hydrogens (tertiary/aromatic N) is 3. The van der Waals surface area contributed by atoms with Gasteiger partial charge in [0.1, 0.15) is 11.6 Å². The molecule has 0 unspecified atom stereocenters. The summed E-state index contributed by atoms with van der Waals surface area (Å²) in [4.78, 5) is 24.6. The predicted molar refractivity (Wildman–Crippen MR) is 121 cm³/mol. The van der Waals surface area contributed by atoms with E-state index in [-0.39, 0.29) is 5.91 Å². The highest BCUT2D eigenvalue weighted by molar-refractivity contribution is 6.09. The number of hydrogen-bond donors (Lipinski definition) is 1. The van der Waals surface area contributed by atoms with E-state index in [4.69, 9.17) is 4.98 Å². The van der Waals surface area contributed by atoms with Gasteiger partial charge in [-0.15, -0.1) is 0 Å². The lowest BCUT2D eigenvalue weighted by Gasteiger charge is -2.20. The van der Waals surface area contributed by atoms with Crippen LogP contribution in [0.25, 0.3) is 22.0 Å². The summed E-state index contributed by atoms with van der Waals surface area (Å²) in [6, 6.07) is 23.7. The minimum absolute atomic E-state index is 0.185. The number of amides is 1. The van der Waals surface area contributed by atoms with Crippen molar-refractivity contribution >= 4 is 28.4 Å². The average Bonchev–Trinajstić information content (AvgIpc) is 3.34. The van der Waals surface area contributed by atoms with Gasteiger partial charge in [0.15, 0.2) is 0 Å². The molecule has 148 valence electrons. The Morgan fingerprint density at radius 1 is 0.867 bits per heavy atom. The molecule has 2 aromatic carbocycles. The highest BCUT2D eigenvalue weighted by atomic mass is 16.1. The lowest BCUT2D eigenvalue weighted by Crippen LogP contribution is -2.24. The summed E-state index contributed by atoms with van der Waals surface area (Å²) in [5.74, 6) is 1.10. The van der Waals surface area contributed by atoms with Crippen LogP contribution in [0, 0.1) is 0 Å². The molecule has 1 saturated heterocycles. The SMILES string of the molecule is O=C(Nc1ccc(-c2ccccc2)cn1)c1cc2ccccc2nc1N1CCCC1. The van der Waals surface area contributed by atoms with Gasteiger partial charge in [-0.3, -0.25) is 4.79 Å². The molecule has 2 aromatic heterocycles. The van der Waals surface area contributed by atoms with Crippen molar-refractivity contribution in [3.05, 3.63) is 84.6 Å². The first-order valence-electron chi connectivity index (χ1n) is 10.3. The molecule has 0 radical (unpaired) electrons. The van der Waals surface area contributed by atoms with E-state index < -0.39 is 0 Å². The lowest BCUT2D eigenvalue weighted by molar-refractivity contribution is 0.102. The molecular weight excluding hydrogens is 372 g/mol. The Kier molecular flexibility index (Phi) is 4.85. The molecule has 0 saturated carbocycles. The minimum atomic E-state index is -0.185. The molecule has 5 nitrogen and oxygen atoms in total. The fourth-order valence-electron chi connectivity index (χ4n) is 3.90. The summed E-state index contributed by atoms with van der Waals surface area (Å²) in [7, 11) is 0. The van der Waals surface area contributed by atoms with Crippen molar-refractivity contribution in [2.24, 2.45) is 0 Å². The van der Waals surface area contributed by atoms with E-state index in [2.05, 4.69) is 15.2 Å². The lowest BCUT2D eigenvalue weighted by atomic mass is 10.1. The number of hydrogen-bond acceptors (Lipinski definition) is 4. The first-order chi connectivity index (χ1) is 14.8. The second-order valence-corrected chi connectivity index (χ2v) is 7.50. The number of carbonyl (C=O) groups excluding carboxylic acids is 1. The number of fused-ring (bicyclic) bond motifs is 1. The normalized spacial score (nSPS) is 13.5. The van der Waals surface area contributed by atoms with E-state index in [0.29, 0.717) is 11.4 Å². The monoisotopic (exact) mass is 394 g/mol. The van der Waals surface area contributed by atoms with Crippen molar-refractivity contribution < 1.29 is 4.79 Å². The highest BCUT2D eigenvalue weighted by Gasteiger charge is 2.22. The number of anilines is 2. The van der Waals surface area contributed by atoms with Crippen LogP contribution in [-0.4, -0.2) is 29.0 Å². The van der Waals surface area contributed by atoms with E-state index in [1.165, 1.54) is 0 Å². The van der Waals surface area contributed by atoms with Crippen molar-refractivity contribution in [1.29, 1.82) is 0 Å². The predicted octanol–water partition coefficient (Wildman–Crippen LogP) is 5.15. The number of para-hydroxylation sites is 1. The van der Waals surface area contributed by atoms with Crippen LogP contribution in [0.3, 0.4) is 0 Å². The summed E-state index contributed by atoms with van der Waals surface area (Å²) in [6.45, 7) is 1.85. The number of carbonyl (C=O) groups is 1. The molecule has 3 heterocycles. The Bertz CT molecular complexity index is 1180. The van der Waals surface area contributed by atoms with Gasteiger partial charge < -0.3 is 10.2 Å². The quantitative estimate of drug-likeness (QED) is 0.520. The van der Waals surface area contributed by atoms with Crippen LogP contribution in [0.15, 0.2) is 79.0 Å². The largest absolute Gasteiger partial charge is 0.356 e. The van der Waals surface area contributed by atoms with E-state index in [1.54, 1.807) is 6.20 Å². The van der Waals surface area contributed by atoms with Crippen LogP contribution in [0.4, 0.5) is 11.6 Å². The zero-order chi connectivity index (χ0) is 20.3. The summed E-state index contributed by atoms with van der Waals surface area (Å²) >= 11 is 0. The van der Waals surface area contributed by atoms with Gasteiger partial charge in [-0.2, -0.15) is 0 Å². The third-order valence-corrected chi connectivity index (χ3v) is 5.47. The Balaban J connectivity index is 1.45. The molecular formula is C25H22N4O. The van der Waals surface area contributed by atoms with E-state index in [1.807, 2.05) is 72.8 Å². The van der Waals surface area contributed by atoms with Crippen molar-refractivity contribution in [3.8, 4) is 11.1 Å². The number of pyridine rings is 2. The van der Waals surface area contributed by atoms with Gasteiger partial charge in [-0.25, -0.2) is 9.97 Å². The van der Waals surface area contributed by atoms with Crippen LogP contribution in [0.1, 0.15) is 23.2 Å². The van der Waals surface area contributed by atoms with Gasteiger partial charge in [-0.05, 0) is 42.7 Å². The molecule has 1 N–H and O–H groups in total. The number of rotatable bonds is 4. The first-order valence-corrected chi connectivity index (χ1v) is 10.3. The fourth-order valence-corrected chi connectivity index (χ4v) is 3.90. The molecule has 1 aliphatic heterocycles. The molecule has 0 atom stereocenters. The maximum atomic E-state index is 13.2. The Morgan fingerprint density at radius 3 is 2.40 bits per heavy atom. The smallest absolute Gasteiger partial charge is 0.260 e. The van der Waals surface area contributed by atoms with Crippen LogP contribution in [0.5, 0.6) is 0 Å². The molecule has 0 spiro atoms. The summed E-state index contributed by atoms with van der Waals surface area (Å²) < 4.78 is 0. The van der Waals surface area contributed by atoms with Gasteiger partial charge in [0.2, 0.25) is 0 Å². The summed E-state index contributed by atoms with van der Waals surface area (Å²) in [6.07, 6.45) is 4.03. The third kappa shape index (κ3) is 3.62. The molecule has 1 aliphatic rings. The molecule has 0 aliphatic carbocycles. The van der Waals surface area contributed by atoms with Crippen LogP contribution in [-0.2, 0) is 0 Å². The second kappa shape index (κ2) is 7.95. The summed E-state index contributed by atoms with van der Waals surface area (Å²) in [5.41, 5.74) is 3.60. The van der Waals surface area contributed by atoms with Crippen molar-refractivity contribution in [3.63, 3.8) is 0 Å². The highest BCUT2D eigenvalue weighted by Crippen LogP contribution is 2.27. The van der Waals surface area contributed by atoms with E-state index in [0.717, 1.165) is 53.8 Å². The fraction of sp³-hybridized carbons (Fsp3) is 0.160. The molecule has 5 rings (SSSR count). The maximum Gasteiger partial charge on any atom is 0.260 e. The molecule has 0 bridgehead atoms. The maximum absolute atomic E-state index is 13.2. The van der Waals surface area contributed by atoms with Crippen molar-refractivity contribution in [2.75, 3.05) is 23.3 Å². The third-order valence-electron chi connectivity index (χ3n) is 5.47. The second-order valence-electron chi connectivity index (χ2n) is 7.50. The van der Waals surface area contributed by atoms with Gasteiger partial charge >= 0.3 is 0 Å². The van der Waals surface area contributed by atoms with Crippen LogP contribution >= 0.6 is 0 Å². The minimum Gasteiger partial charge on any atom is -0.356 e. The van der Waals surface area contributed by atoms with Crippen molar-refractivity contribution in [1.82, 2.24) is 9.97 Å². The Morgan fingerprint density at radius 2 is 1.63 bits per heavy atom. The first kappa shape index (κ1) is 18.3. The molecule has 1 amide bonds. The zero-order valence-electron chi connectivity index (χ0n) is 16.6. The molecule has 30 heavy (non-hydrogen) atoms. The Hall–Kier alpha value is -3.73. The number of aromatic nitrogens is 2. The van der Waals surface area contributed by atoms with Crippen LogP contribution in [0.2, 0.25) is 0 Å². The summed E-state index contributed by atoms with van der Waals surface area (Å²) in [5, 5.41) is 3.91. The topological polar surface area (TPSA) is 58.1 Å². The van der Waals surface area contributed by atoms with E-state index >= 15 is 0 Å². The average molecular weight is 394 g/mol. The van der Waals surface area contributed by atoms with Gasteiger partial charge in [0.25, 0.3) is 5.91 Å². The molecule has 1 fully saturated rings. The molecule has 4 aromatic rings. The standard InChI is InChI=1S/C25H22N4O/c30-25(28-23-13-12-20(17-26-23)18-8-2-1-3-9-18)21-16-19-10-4-5-11-22(19)27-24(21)29-14-6-7-15-29/h1-5,8-13,16-17H,6-7,14-15H2,(H,26,28,30). The van der Waals surface area contributed by atoms with Crippen LogP contribution < -0.4 is 10.2 Å². The Labute approximate surface area is 175 Å². The van der Waals surface area contributed by atoms with Gasteiger partial charge in [0, 0.05) is 30.2 Å². The van der Waals surface area contributed by atoms with E-state index in [9.17, 15) is 4.79 Å².